The molecule has 0 saturated carbocycles. The van der Waals surface area contributed by atoms with Gasteiger partial charge in [0, 0.05) is 17.0 Å². The van der Waals surface area contributed by atoms with Crippen molar-refractivity contribution in [2.45, 2.75) is 26.2 Å². The van der Waals surface area contributed by atoms with Crippen molar-refractivity contribution in [3.63, 3.8) is 0 Å². The molecule has 1 atom stereocenters. The monoisotopic (exact) mass is 376 g/mol. The minimum atomic E-state index is 0.0491. The first-order chi connectivity index (χ1) is 11.1. The van der Waals surface area contributed by atoms with Gasteiger partial charge in [0.2, 0.25) is 5.91 Å². The van der Waals surface area contributed by atoms with Gasteiger partial charge in [0.05, 0.1) is 11.4 Å². The Morgan fingerprint density at radius 3 is 3.09 bits per heavy atom. The van der Waals surface area contributed by atoms with Crippen LogP contribution in [-0.2, 0) is 4.79 Å². The average Bonchev–Trinajstić information content (AvgIpc) is 3.15. The van der Waals surface area contributed by atoms with E-state index >= 15 is 0 Å². The van der Waals surface area contributed by atoms with Gasteiger partial charge in [-0.1, -0.05) is 22.0 Å². The lowest BCUT2D eigenvalue weighted by atomic mass is 10.0. The number of halogens is 1. The molecule has 0 aliphatic carbocycles. The number of aryl methyl sites for hydroxylation is 1. The van der Waals surface area contributed by atoms with Crippen molar-refractivity contribution in [2.24, 2.45) is 5.92 Å². The van der Waals surface area contributed by atoms with Gasteiger partial charge in [-0.05, 0) is 57.0 Å². The van der Waals surface area contributed by atoms with E-state index < -0.39 is 0 Å². The smallest absolute Gasteiger partial charge is 0.225 e. The number of aromatic nitrogens is 2. The molecular formula is C17H21BrN4O. The summed E-state index contributed by atoms with van der Waals surface area (Å²) in [5.74, 6) is 1.39. The van der Waals surface area contributed by atoms with Gasteiger partial charge in [-0.15, -0.1) is 0 Å². The second-order valence-electron chi connectivity index (χ2n) is 6.01. The molecule has 2 heterocycles. The van der Waals surface area contributed by atoms with E-state index in [1.807, 2.05) is 37.3 Å². The molecule has 1 fully saturated rings. The Balaban J connectivity index is 1.69. The minimum absolute atomic E-state index is 0.0491. The molecule has 1 aromatic heterocycles. The topological polar surface area (TPSA) is 59.0 Å². The van der Waals surface area contributed by atoms with Crippen LogP contribution in [0.15, 0.2) is 34.8 Å². The van der Waals surface area contributed by atoms with E-state index in [-0.39, 0.29) is 5.91 Å². The normalized spacial score (nSPS) is 17.4. The van der Waals surface area contributed by atoms with Crippen LogP contribution in [0, 0.1) is 12.8 Å². The van der Waals surface area contributed by atoms with Gasteiger partial charge in [-0.25, -0.2) is 4.68 Å². The zero-order chi connectivity index (χ0) is 16.2. The zero-order valence-corrected chi connectivity index (χ0v) is 14.8. The Hall–Kier alpha value is -1.66. The van der Waals surface area contributed by atoms with Crippen LogP contribution in [-0.4, -0.2) is 28.8 Å². The summed E-state index contributed by atoms with van der Waals surface area (Å²) in [5, 5.41) is 10.8. The molecule has 0 radical (unpaired) electrons. The van der Waals surface area contributed by atoms with E-state index in [0.717, 1.165) is 41.2 Å². The van der Waals surface area contributed by atoms with E-state index in [4.69, 9.17) is 0 Å². The third-order valence-corrected chi connectivity index (χ3v) is 4.59. The highest BCUT2D eigenvalue weighted by Gasteiger charge is 2.17. The number of nitrogens with one attached hydrogen (secondary N) is 2. The van der Waals surface area contributed by atoms with Gasteiger partial charge < -0.3 is 10.6 Å². The molecule has 0 spiro atoms. The molecular weight excluding hydrogens is 356 g/mol. The molecule has 1 saturated heterocycles. The molecule has 1 aliphatic heterocycles. The lowest BCUT2D eigenvalue weighted by Gasteiger charge is -2.11. The summed E-state index contributed by atoms with van der Waals surface area (Å²) in [6, 6.07) is 9.77. The van der Waals surface area contributed by atoms with E-state index in [1.165, 1.54) is 6.42 Å². The van der Waals surface area contributed by atoms with Crippen molar-refractivity contribution in [1.82, 2.24) is 15.1 Å². The SMILES string of the molecule is Cc1cc(NC(=O)CCC2CCNC2)n(-c2cccc(Br)c2)n1. The van der Waals surface area contributed by atoms with Crippen molar-refractivity contribution in [3.05, 3.63) is 40.5 Å². The summed E-state index contributed by atoms with van der Waals surface area (Å²) in [6.45, 7) is 4.03. The largest absolute Gasteiger partial charge is 0.316 e. The number of anilines is 1. The second kappa shape index (κ2) is 7.27. The highest BCUT2D eigenvalue weighted by molar-refractivity contribution is 9.10. The van der Waals surface area contributed by atoms with Gasteiger partial charge in [-0.2, -0.15) is 5.10 Å². The molecule has 122 valence electrons. The molecule has 1 amide bonds. The molecule has 23 heavy (non-hydrogen) atoms. The van der Waals surface area contributed by atoms with Crippen LogP contribution >= 0.6 is 15.9 Å². The second-order valence-corrected chi connectivity index (χ2v) is 6.92. The Bertz CT molecular complexity index is 692. The van der Waals surface area contributed by atoms with Crippen LogP contribution in [0.5, 0.6) is 0 Å². The van der Waals surface area contributed by atoms with Gasteiger partial charge in [0.25, 0.3) is 0 Å². The maximum Gasteiger partial charge on any atom is 0.225 e. The maximum atomic E-state index is 12.2. The fourth-order valence-electron chi connectivity index (χ4n) is 2.89. The lowest BCUT2D eigenvalue weighted by Crippen LogP contribution is -2.17. The predicted octanol–water partition coefficient (Wildman–Crippen LogP) is 3.27. The lowest BCUT2D eigenvalue weighted by molar-refractivity contribution is -0.116. The van der Waals surface area contributed by atoms with E-state index in [2.05, 4.69) is 31.7 Å². The van der Waals surface area contributed by atoms with Crippen LogP contribution in [0.3, 0.4) is 0 Å². The average molecular weight is 377 g/mol. The predicted molar refractivity (Wildman–Crippen MR) is 94.8 cm³/mol. The quantitative estimate of drug-likeness (QED) is 0.841. The molecule has 1 unspecified atom stereocenters. The highest BCUT2D eigenvalue weighted by atomic mass is 79.9. The Morgan fingerprint density at radius 1 is 1.48 bits per heavy atom. The molecule has 3 rings (SSSR count). The number of hydrogen-bond donors (Lipinski definition) is 2. The summed E-state index contributed by atoms with van der Waals surface area (Å²) in [5.41, 5.74) is 1.79. The number of carbonyl (C=O) groups is 1. The first kappa shape index (κ1) is 16.2. The molecule has 0 bridgehead atoms. The molecule has 5 nitrogen and oxygen atoms in total. The Kier molecular flexibility index (Phi) is 5.13. The molecule has 2 aromatic rings. The van der Waals surface area contributed by atoms with Crippen molar-refractivity contribution in [1.29, 1.82) is 0 Å². The van der Waals surface area contributed by atoms with Crippen molar-refractivity contribution in [2.75, 3.05) is 18.4 Å². The standard InChI is InChI=1S/C17H21BrN4O/c1-12-9-16(20-17(23)6-5-13-7-8-19-11-13)22(21-12)15-4-2-3-14(18)10-15/h2-4,9-10,13,19H,5-8,11H2,1H3,(H,20,23). The van der Waals surface area contributed by atoms with Gasteiger partial charge in [0.1, 0.15) is 5.82 Å². The Morgan fingerprint density at radius 2 is 2.35 bits per heavy atom. The third-order valence-electron chi connectivity index (χ3n) is 4.09. The molecule has 1 aliphatic rings. The first-order valence-electron chi connectivity index (χ1n) is 7.95. The van der Waals surface area contributed by atoms with E-state index in [0.29, 0.717) is 12.3 Å². The third kappa shape index (κ3) is 4.20. The van der Waals surface area contributed by atoms with Crippen molar-refractivity contribution in [3.8, 4) is 5.69 Å². The molecule has 6 heteroatoms. The number of benzene rings is 1. The summed E-state index contributed by atoms with van der Waals surface area (Å²) in [4.78, 5) is 12.2. The number of nitrogens with zero attached hydrogens (tertiary/aromatic N) is 2. The number of rotatable bonds is 5. The minimum Gasteiger partial charge on any atom is -0.316 e. The van der Waals surface area contributed by atoms with E-state index in [1.54, 1.807) is 4.68 Å². The van der Waals surface area contributed by atoms with Gasteiger partial charge >= 0.3 is 0 Å². The summed E-state index contributed by atoms with van der Waals surface area (Å²) < 4.78 is 2.75. The zero-order valence-electron chi connectivity index (χ0n) is 13.2. The summed E-state index contributed by atoms with van der Waals surface area (Å²) in [7, 11) is 0. The number of carbonyl (C=O) groups excluding carboxylic acids is 1. The van der Waals surface area contributed by atoms with Crippen molar-refractivity contribution >= 4 is 27.7 Å². The van der Waals surface area contributed by atoms with Crippen LogP contribution in [0.4, 0.5) is 5.82 Å². The highest BCUT2D eigenvalue weighted by Crippen LogP contribution is 2.21. The van der Waals surface area contributed by atoms with Gasteiger partial charge in [0.15, 0.2) is 0 Å². The van der Waals surface area contributed by atoms with Crippen LogP contribution in [0.25, 0.3) is 5.69 Å². The summed E-state index contributed by atoms with van der Waals surface area (Å²) >= 11 is 3.47. The van der Waals surface area contributed by atoms with E-state index in [9.17, 15) is 4.79 Å². The fraction of sp³-hybridized carbons (Fsp3) is 0.412. The van der Waals surface area contributed by atoms with Crippen LogP contribution in [0.1, 0.15) is 25.0 Å². The summed E-state index contributed by atoms with van der Waals surface area (Å²) in [6.07, 6.45) is 2.65. The molecule has 2 N–H and O–H groups in total. The fourth-order valence-corrected chi connectivity index (χ4v) is 3.28. The van der Waals surface area contributed by atoms with Crippen molar-refractivity contribution < 1.29 is 4.79 Å². The van der Waals surface area contributed by atoms with Crippen LogP contribution in [0.2, 0.25) is 0 Å². The van der Waals surface area contributed by atoms with Gasteiger partial charge in [-0.3, -0.25) is 4.79 Å². The number of amides is 1. The first-order valence-corrected chi connectivity index (χ1v) is 8.74. The number of hydrogen-bond acceptors (Lipinski definition) is 3. The maximum absolute atomic E-state index is 12.2. The Labute approximate surface area is 144 Å². The van der Waals surface area contributed by atoms with Crippen LogP contribution < -0.4 is 10.6 Å². The molecule has 1 aromatic carbocycles.